The van der Waals surface area contributed by atoms with Crippen LogP contribution in [-0.2, 0) is 10.8 Å². The van der Waals surface area contributed by atoms with E-state index in [1.807, 2.05) is 6.92 Å². The summed E-state index contributed by atoms with van der Waals surface area (Å²) in [4.78, 5) is 0. The highest BCUT2D eigenvalue weighted by Gasteiger charge is 2.05. The molecule has 3 heteroatoms. The lowest BCUT2D eigenvalue weighted by Crippen LogP contribution is -2.28. The van der Waals surface area contributed by atoms with Gasteiger partial charge in [0, 0.05) is 28.3 Å². The Balaban J connectivity index is 3.37. The largest absolute Gasteiger partial charge is 0.314 e. The van der Waals surface area contributed by atoms with Crippen molar-refractivity contribution in [1.82, 2.24) is 5.32 Å². The Kier molecular flexibility index (Phi) is 6.67. The molecule has 0 aliphatic heterocycles. The number of hydrogen-bond acceptors (Lipinski definition) is 2. The molecule has 0 bridgehead atoms. The molecular formula is C9H21NOS. The van der Waals surface area contributed by atoms with Crippen LogP contribution in [0.2, 0.25) is 0 Å². The molecule has 0 aromatic heterocycles. The highest BCUT2D eigenvalue weighted by molar-refractivity contribution is 7.84. The topological polar surface area (TPSA) is 29.1 Å². The molecule has 0 fully saturated rings. The van der Waals surface area contributed by atoms with Gasteiger partial charge in [0.1, 0.15) is 0 Å². The van der Waals surface area contributed by atoms with Crippen LogP contribution >= 0.6 is 0 Å². The van der Waals surface area contributed by atoms with Gasteiger partial charge in [0.2, 0.25) is 0 Å². The first kappa shape index (κ1) is 12.1. The van der Waals surface area contributed by atoms with Crippen molar-refractivity contribution >= 4 is 10.8 Å². The van der Waals surface area contributed by atoms with Crippen LogP contribution in [0, 0.1) is 0 Å². The zero-order valence-corrected chi connectivity index (χ0v) is 9.41. The fourth-order valence-corrected chi connectivity index (χ4v) is 1.29. The molecule has 0 aromatic carbocycles. The quantitative estimate of drug-likeness (QED) is 0.690. The van der Waals surface area contributed by atoms with E-state index < -0.39 is 10.8 Å². The number of hydrogen-bond donors (Lipinski definition) is 1. The summed E-state index contributed by atoms with van der Waals surface area (Å²) >= 11 is 0. The summed E-state index contributed by atoms with van der Waals surface area (Å²) in [6.45, 7) is 7.36. The Labute approximate surface area is 78.6 Å². The normalized spacial score (nSPS) is 18.7. The smallest absolute Gasteiger partial charge is 0.0329 e. The van der Waals surface area contributed by atoms with Gasteiger partial charge in [-0.25, -0.2) is 0 Å². The van der Waals surface area contributed by atoms with Crippen molar-refractivity contribution < 1.29 is 4.21 Å². The van der Waals surface area contributed by atoms with Crippen LogP contribution in [0.1, 0.15) is 33.6 Å². The van der Waals surface area contributed by atoms with E-state index in [0.29, 0.717) is 11.3 Å². The van der Waals surface area contributed by atoms with Crippen molar-refractivity contribution in [2.45, 2.75) is 44.9 Å². The van der Waals surface area contributed by atoms with Crippen molar-refractivity contribution in [3.05, 3.63) is 0 Å². The van der Waals surface area contributed by atoms with Crippen LogP contribution in [0.4, 0.5) is 0 Å². The second-order valence-electron chi connectivity index (χ2n) is 3.36. The zero-order chi connectivity index (χ0) is 9.56. The third-order valence-electron chi connectivity index (χ3n) is 2.22. The van der Waals surface area contributed by atoms with Crippen LogP contribution in [0.3, 0.4) is 0 Å². The fraction of sp³-hybridized carbons (Fsp3) is 1.00. The summed E-state index contributed by atoms with van der Waals surface area (Å²) in [5.74, 6) is 0. The van der Waals surface area contributed by atoms with Crippen molar-refractivity contribution in [2.75, 3.05) is 12.8 Å². The van der Waals surface area contributed by atoms with Gasteiger partial charge < -0.3 is 5.32 Å². The molecule has 74 valence electrons. The molecule has 0 aliphatic carbocycles. The Bertz CT molecular complexity index is 138. The van der Waals surface area contributed by atoms with Gasteiger partial charge in [-0.2, -0.15) is 0 Å². The summed E-state index contributed by atoms with van der Waals surface area (Å²) in [7, 11) is -0.667. The molecular weight excluding hydrogens is 170 g/mol. The van der Waals surface area contributed by atoms with Crippen molar-refractivity contribution in [2.24, 2.45) is 0 Å². The van der Waals surface area contributed by atoms with E-state index in [4.69, 9.17) is 0 Å². The van der Waals surface area contributed by atoms with E-state index >= 15 is 0 Å². The second-order valence-corrected chi connectivity index (χ2v) is 5.16. The zero-order valence-electron chi connectivity index (χ0n) is 8.59. The molecule has 0 rings (SSSR count). The molecule has 0 amide bonds. The van der Waals surface area contributed by atoms with E-state index in [0.717, 1.165) is 19.4 Å². The maximum Gasteiger partial charge on any atom is 0.0329 e. The molecule has 0 saturated carbocycles. The van der Waals surface area contributed by atoms with Gasteiger partial charge in [0.05, 0.1) is 0 Å². The van der Waals surface area contributed by atoms with Gasteiger partial charge in [-0.05, 0) is 26.3 Å². The number of rotatable bonds is 6. The first-order chi connectivity index (χ1) is 5.57. The predicted molar refractivity (Wildman–Crippen MR) is 55.9 cm³/mol. The molecule has 0 aliphatic rings. The molecule has 3 unspecified atom stereocenters. The lowest BCUT2D eigenvalue weighted by atomic mass is 10.2. The Morgan fingerprint density at radius 3 is 2.42 bits per heavy atom. The van der Waals surface area contributed by atoms with Gasteiger partial charge in [-0.3, -0.25) is 4.21 Å². The minimum atomic E-state index is -0.667. The number of nitrogens with one attached hydrogen (secondary N) is 1. The molecule has 12 heavy (non-hydrogen) atoms. The standard InChI is InChI=1S/C9H21NOS/c1-5-8(2)10-7-6-9(3)12(4)11/h8-10H,5-7H2,1-4H3. The molecule has 2 nitrogen and oxygen atoms in total. The molecule has 0 saturated heterocycles. The predicted octanol–water partition coefficient (Wildman–Crippen LogP) is 1.53. The average Bonchev–Trinajstić information content (AvgIpc) is 2.03. The maximum absolute atomic E-state index is 11.0. The minimum Gasteiger partial charge on any atom is -0.314 e. The van der Waals surface area contributed by atoms with Gasteiger partial charge in [-0.15, -0.1) is 0 Å². The summed E-state index contributed by atoms with van der Waals surface area (Å²) in [6, 6.07) is 0.586. The van der Waals surface area contributed by atoms with Gasteiger partial charge in [0.25, 0.3) is 0 Å². The molecule has 1 N–H and O–H groups in total. The Hall–Kier alpha value is 0.110. The maximum atomic E-state index is 11.0. The van der Waals surface area contributed by atoms with E-state index in [2.05, 4.69) is 19.2 Å². The summed E-state index contributed by atoms with van der Waals surface area (Å²) in [6.07, 6.45) is 3.94. The highest BCUT2D eigenvalue weighted by atomic mass is 32.2. The lowest BCUT2D eigenvalue weighted by molar-refractivity contribution is 0.521. The third-order valence-corrected chi connectivity index (χ3v) is 3.59. The molecule has 0 heterocycles. The van der Waals surface area contributed by atoms with Crippen LogP contribution < -0.4 is 5.32 Å². The monoisotopic (exact) mass is 191 g/mol. The first-order valence-corrected chi connectivity index (χ1v) is 6.25. The van der Waals surface area contributed by atoms with E-state index in [-0.39, 0.29) is 0 Å². The third kappa shape index (κ3) is 5.72. The van der Waals surface area contributed by atoms with Crippen molar-refractivity contribution in [3.63, 3.8) is 0 Å². The van der Waals surface area contributed by atoms with Gasteiger partial charge >= 0.3 is 0 Å². The minimum absolute atomic E-state index is 0.321. The van der Waals surface area contributed by atoms with Crippen molar-refractivity contribution in [1.29, 1.82) is 0 Å². The molecule has 3 atom stereocenters. The van der Waals surface area contributed by atoms with E-state index in [1.165, 1.54) is 0 Å². The second kappa shape index (κ2) is 6.61. The summed E-state index contributed by atoms with van der Waals surface area (Å²) in [5.41, 5.74) is 0. The van der Waals surface area contributed by atoms with Gasteiger partial charge in [-0.1, -0.05) is 13.8 Å². The average molecular weight is 191 g/mol. The van der Waals surface area contributed by atoms with Crippen LogP contribution in [-0.4, -0.2) is 28.3 Å². The fourth-order valence-electron chi connectivity index (χ4n) is 0.843. The van der Waals surface area contributed by atoms with E-state index in [1.54, 1.807) is 6.26 Å². The summed E-state index contributed by atoms with van der Waals surface area (Å²) in [5, 5.41) is 3.70. The molecule has 0 spiro atoms. The Morgan fingerprint density at radius 2 is 2.00 bits per heavy atom. The van der Waals surface area contributed by atoms with Crippen LogP contribution in [0.5, 0.6) is 0 Å². The lowest BCUT2D eigenvalue weighted by Gasteiger charge is -2.13. The van der Waals surface area contributed by atoms with Crippen LogP contribution in [0.25, 0.3) is 0 Å². The Morgan fingerprint density at radius 1 is 1.42 bits per heavy atom. The highest BCUT2D eigenvalue weighted by Crippen LogP contribution is 1.98. The van der Waals surface area contributed by atoms with E-state index in [9.17, 15) is 4.21 Å². The first-order valence-electron chi connectivity index (χ1n) is 4.63. The van der Waals surface area contributed by atoms with Crippen LogP contribution in [0.15, 0.2) is 0 Å². The van der Waals surface area contributed by atoms with Crippen molar-refractivity contribution in [3.8, 4) is 0 Å². The molecule has 0 aromatic rings. The molecule has 0 radical (unpaired) electrons. The summed E-state index contributed by atoms with van der Waals surface area (Å²) < 4.78 is 11.0. The SMILES string of the molecule is CCC(C)NCCC(C)S(C)=O. The van der Waals surface area contributed by atoms with Gasteiger partial charge in [0.15, 0.2) is 0 Å².